The van der Waals surface area contributed by atoms with Crippen molar-refractivity contribution in [2.24, 2.45) is 5.73 Å². The fourth-order valence-corrected chi connectivity index (χ4v) is 4.75. The highest BCUT2D eigenvalue weighted by atomic mass is 19.1. The first-order valence-electron chi connectivity index (χ1n) is 11.7. The van der Waals surface area contributed by atoms with Gasteiger partial charge in [0.15, 0.2) is 0 Å². The van der Waals surface area contributed by atoms with Gasteiger partial charge in [0.25, 0.3) is 0 Å². The summed E-state index contributed by atoms with van der Waals surface area (Å²) in [7, 11) is 0. The Morgan fingerprint density at radius 2 is 1.81 bits per heavy atom. The van der Waals surface area contributed by atoms with Gasteiger partial charge in [-0.2, -0.15) is 5.10 Å². The summed E-state index contributed by atoms with van der Waals surface area (Å²) in [5, 5.41) is 8.61. The molecule has 8 nitrogen and oxygen atoms in total. The quantitative estimate of drug-likeness (QED) is 0.345. The second-order valence-corrected chi connectivity index (χ2v) is 9.05. The molecular weight excluding hydrogens is 455 g/mol. The summed E-state index contributed by atoms with van der Waals surface area (Å²) < 4.78 is 13.9. The molecule has 0 aliphatic carbocycles. The smallest absolute Gasteiger partial charge is 0.147 e. The maximum absolute atomic E-state index is 13.9. The molecule has 176 valence electrons. The lowest BCUT2D eigenvalue weighted by molar-refractivity contribution is 0.514. The molecule has 0 radical (unpaired) electrons. The van der Waals surface area contributed by atoms with E-state index in [1.807, 2.05) is 42.5 Å². The number of hydrogen-bond donors (Lipinski definition) is 3. The zero-order chi connectivity index (χ0) is 24.2. The van der Waals surface area contributed by atoms with Crippen molar-refractivity contribution < 1.29 is 4.39 Å². The minimum atomic E-state index is -0.264. The predicted octanol–water partition coefficient (Wildman–Crippen LogP) is 4.52. The number of H-pyrrole nitrogens is 2. The van der Waals surface area contributed by atoms with Gasteiger partial charge in [0, 0.05) is 30.0 Å². The largest absolute Gasteiger partial charge is 0.353 e. The van der Waals surface area contributed by atoms with Crippen LogP contribution in [-0.2, 0) is 0 Å². The molecule has 5 heterocycles. The minimum Gasteiger partial charge on any atom is -0.353 e. The first-order valence-corrected chi connectivity index (χ1v) is 11.7. The van der Waals surface area contributed by atoms with Crippen LogP contribution in [0.25, 0.3) is 55.8 Å². The lowest BCUT2D eigenvalue weighted by Gasteiger charge is -2.37. The van der Waals surface area contributed by atoms with E-state index in [0.717, 1.165) is 57.7 Å². The monoisotopic (exact) mass is 476 g/mol. The first kappa shape index (κ1) is 20.7. The summed E-state index contributed by atoms with van der Waals surface area (Å²) in [5.41, 5.74) is 13.1. The number of anilines is 1. The lowest BCUT2D eigenvalue weighted by atomic mass is 10.0. The molecule has 0 bridgehead atoms. The molecule has 1 saturated heterocycles. The summed E-state index contributed by atoms with van der Waals surface area (Å²) in [6.45, 7) is 1.54. The van der Waals surface area contributed by atoms with E-state index in [1.54, 1.807) is 24.5 Å². The van der Waals surface area contributed by atoms with Crippen molar-refractivity contribution in [3.05, 3.63) is 78.9 Å². The molecule has 4 aromatic heterocycles. The predicted molar refractivity (Wildman–Crippen MR) is 138 cm³/mol. The average Bonchev–Trinajstić information content (AvgIpc) is 3.50. The fourth-order valence-electron chi connectivity index (χ4n) is 4.75. The van der Waals surface area contributed by atoms with Crippen LogP contribution in [0.5, 0.6) is 0 Å². The number of hydrogen-bond acceptors (Lipinski definition) is 6. The molecule has 0 saturated carbocycles. The molecule has 0 amide bonds. The number of nitrogens with zero attached hydrogens (tertiary/aromatic N) is 5. The molecule has 1 fully saturated rings. The van der Waals surface area contributed by atoms with Gasteiger partial charge in [0.1, 0.15) is 28.5 Å². The van der Waals surface area contributed by atoms with Gasteiger partial charge in [0.05, 0.1) is 29.3 Å². The van der Waals surface area contributed by atoms with Gasteiger partial charge in [-0.1, -0.05) is 24.3 Å². The number of benzene rings is 2. The standard InChI is InChI=1S/C27H21FN8/c28-16-4-1-3-15(9-16)18-5-2-6-20-19(18)10-23(31-20)27-26-22(34-35-27)8-7-21(33-26)24-11-30-12-25(32-24)36-13-17(29)14-36/h1-12,17,31H,13-14,29H2,(H,34,35). The van der Waals surface area contributed by atoms with Gasteiger partial charge in [-0.25, -0.2) is 14.4 Å². The van der Waals surface area contributed by atoms with Gasteiger partial charge in [-0.15, -0.1) is 0 Å². The van der Waals surface area contributed by atoms with E-state index >= 15 is 0 Å². The van der Waals surface area contributed by atoms with E-state index in [-0.39, 0.29) is 11.9 Å². The van der Waals surface area contributed by atoms with E-state index < -0.39 is 0 Å². The number of aromatic nitrogens is 6. The Labute approximate surface area is 205 Å². The van der Waals surface area contributed by atoms with Gasteiger partial charge >= 0.3 is 0 Å². The number of rotatable bonds is 4. The molecule has 0 spiro atoms. The number of pyridine rings is 1. The molecule has 1 aliphatic rings. The number of nitrogens with one attached hydrogen (secondary N) is 2. The highest BCUT2D eigenvalue weighted by Gasteiger charge is 2.25. The topological polar surface area (TPSA) is 112 Å². The molecule has 2 aromatic carbocycles. The highest BCUT2D eigenvalue weighted by molar-refractivity contribution is 6.00. The van der Waals surface area contributed by atoms with Crippen molar-refractivity contribution in [1.29, 1.82) is 0 Å². The van der Waals surface area contributed by atoms with Gasteiger partial charge < -0.3 is 15.6 Å². The summed E-state index contributed by atoms with van der Waals surface area (Å²) in [5.74, 6) is 0.531. The Morgan fingerprint density at radius 3 is 2.67 bits per heavy atom. The van der Waals surface area contributed by atoms with Crippen LogP contribution in [0.2, 0.25) is 0 Å². The molecule has 7 rings (SSSR count). The van der Waals surface area contributed by atoms with Crippen LogP contribution >= 0.6 is 0 Å². The zero-order valence-corrected chi connectivity index (χ0v) is 19.1. The molecule has 9 heteroatoms. The third-order valence-electron chi connectivity index (χ3n) is 6.58. The Kier molecular flexibility index (Phi) is 4.58. The van der Waals surface area contributed by atoms with E-state index in [2.05, 4.69) is 25.1 Å². The summed E-state index contributed by atoms with van der Waals surface area (Å²) >= 11 is 0. The summed E-state index contributed by atoms with van der Waals surface area (Å²) in [4.78, 5) is 19.6. The van der Waals surface area contributed by atoms with E-state index in [4.69, 9.17) is 15.7 Å². The molecule has 4 N–H and O–H groups in total. The average molecular weight is 477 g/mol. The molecular formula is C27H21FN8. The maximum atomic E-state index is 13.9. The van der Waals surface area contributed by atoms with Crippen LogP contribution in [0.3, 0.4) is 0 Å². The number of aromatic amines is 2. The third-order valence-corrected chi connectivity index (χ3v) is 6.58. The van der Waals surface area contributed by atoms with Crippen molar-refractivity contribution in [2.75, 3.05) is 18.0 Å². The Bertz CT molecular complexity index is 1750. The Hall–Kier alpha value is -4.63. The van der Waals surface area contributed by atoms with Crippen LogP contribution < -0.4 is 10.6 Å². The molecule has 1 aliphatic heterocycles. The highest BCUT2D eigenvalue weighted by Crippen LogP contribution is 2.34. The molecule has 0 unspecified atom stereocenters. The second-order valence-electron chi connectivity index (χ2n) is 9.05. The zero-order valence-electron chi connectivity index (χ0n) is 19.1. The summed E-state index contributed by atoms with van der Waals surface area (Å²) in [6, 6.07) is 18.6. The Balaban J connectivity index is 1.31. The van der Waals surface area contributed by atoms with Crippen molar-refractivity contribution >= 4 is 27.8 Å². The summed E-state index contributed by atoms with van der Waals surface area (Å²) in [6.07, 6.45) is 3.46. The number of nitrogens with two attached hydrogens (primary N) is 1. The number of fused-ring (bicyclic) bond motifs is 2. The van der Waals surface area contributed by atoms with E-state index in [0.29, 0.717) is 17.1 Å². The van der Waals surface area contributed by atoms with Crippen LogP contribution in [0.1, 0.15) is 0 Å². The molecule has 36 heavy (non-hydrogen) atoms. The maximum Gasteiger partial charge on any atom is 0.147 e. The van der Waals surface area contributed by atoms with Gasteiger partial charge in [0.2, 0.25) is 0 Å². The van der Waals surface area contributed by atoms with Gasteiger partial charge in [-0.3, -0.25) is 10.1 Å². The minimum absolute atomic E-state index is 0.177. The van der Waals surface area contributed by atoms with Crippen LogP contribution in [0.15, 0.2) is 73.1 Å². The lowest BCUT2D eigenvalue weighted by Crippen LogP contribution is -2.56. The third kappa shape index (κ3) is 3.40. The van der Waals surface area contributed by atoms with Crippen molar-refractivity contribution in [3.8, 4) is 33.9 Å². The second kappa shape index (κ2) is 7.96. The van der Waals surface area contributed by atoms with Crippen LogP contribution in [0, 0.1) is 5.82 Å². The van der Waals surface area contributed by atoms with E-state index in [1.165, 1.54) is 6.07 Å². The number of halogens is 1. The normalized spacial score (nSPS) is 14.0. The van der Waals surface area contributed by atoms with E-state index in [9.17, 15) is 4.39 Å². The van der Waals surface area contributed by atoms with Crippen molar-refractivity contribution in [2.45, 2.75) is 6.04 Å². The molecule has 6 aromatic rings. The Morgan fingerprint density at radius 1 is 0.917 bits per heavy atom. The van der Waals surface area contributed by atoms with Gasteiger partial charge in [-0.05, 0) is 47.5 Å². The SMILES string of the molecule is NC1CN(c2cncc(-c3ccc4[nH]nc(-c5cc6c(-c7cccc(F)c7)cccc6[nH]5)c4n3)n2)C1. The van der Waals surface area contributed by atoms with Crippen LogP contribution in [0.4, 0.5) is 10.2 Å². The van der Waals surface area contributed by atoms with Crippen molar-refractivity contribution in [1.82, 2.24) is 30.1 Å². The van der Waals surface area contributed by atoms with Crippen LogP contribution in [-0.4, -0.2) is 49.3 Å². The fraction of sp³-hybridized carbons (Fsp3) is 0.111. The first-order chi connectivity index (χ1) is 17.6. The molecule has 0 atom stereocenters. The van der Waals surface area contributed by atoms with Crippen molar-refractivity contribution in [3.63, 3.8) is 0 Å².